The summed E-state index contributed by atoms with van der Waals surface area (Å²) in [5.41, 5.74) is 15.8. The van der Waals surface area contributed by atoms with Crippen molar-refractivity contribution in [2.24, 2.45) is 0 Å². The molecule has 3 rings (SSSR count). The van der Waals surface area contributed by atoms with E-state index in [1.807, 2.05) is 42.5 Å². The van der Waals surface area contributed by atoms with Gasteiger partial charge in [0.2, 0.25) is 11.9 Å². The van der Waals surface area contributed by atoms with Crippen LogP contribution in [-0.4, -0.2) is 29.1 Å². The third-order valence-electron chi connectivity index (χ3n) is 4.71. The zero-order valence-corrected chi connectivity index (χ0v) is 18.2. The molecular weight excluding hydrogens is 406 g/mol. The van der Waals surface area contributed by atoms with Crippen LogP contribution in [0.4, 0.5) is 17.5 Å². The molecule has 0 bridgehead atoms. The van der Waals surface area contributed by atoms with Crippen LogP contribution in [-0.2, 0) is 27.5 Å². The largest absolute Gasteiger partial charge is 0.383 e. The first-order chi connectivity index (χ1) is 15.6. The zero-order chi connectivity index (χ0) is 22.8. The normalized spacial score (nSPS) is 10.8. The van der Waals surface area contributed by atoms with E-state index in [4.69, 9.17) is 20.9 Å². The summed E-state index contributed by atoms with van der Waals surface area (Å²) >= 11 is 0. The molecule has 32 heavy (non-hydrogen) atoms. The molecule has 168 valence electrons. The van der Waals surface area contributed by atoms with Gasteiger partial charge in [-0.05, 0) is 29.7 Å². The van der Waals surface area contributed by atoms with Gasteiger partial charge in [0.05, 0.1) is 18.9 Å². The molecule has 0 aliphatic heterocycles. The fourth-order valence-corrected chi connectivity index (χ4v) is 3.13. The number of nitrogens with one attached hydrogen (secondary N) is 1. The monoisotopic (exact) mass is 435 g/mol. The second kappa shape index (κ2) is 11.8. The number of carbonyl (C=O) groups excluding carboxylic acids is 1. The molecule has 0 aliphatic rings. The Morgan fingerprint density at radius 2 is 1.72 bits per heavy atom. The summed E-state index contributed by atoms with van der Waals surface area (Å²) in [6, 6.07) is 17.1. The van der Waals surface area contributed by atoms with Crippen LogP contribution in [0.25, 0.3) is 11.1 Å². The lowest BCUT2D eigenvalue weighted by atomic mass is 10.0. The molecule has 1 aromatic heterocycles. The Morgan fingerprint density at radius 3 is 2.44 bits per heavy atom. The van der Waals surface area contributed by atoms with Crippen molar-refractivity contribution >= 4 is 23.4 Å². The maximum absolute atomic E-state index is 12.0. The van der Waals surface area contributed by atoms with Crippen molar-refractivity contribution in [1.29, 1.82) is 0 Å². The minimum atomic E-state index is -0.195. The number of nitrogens with zero attached hydrogens (tertiary/aromatic N) is 2. The van der Waals surface area contributed by atoms with Crippen molar-refractivity contribution in [3.05, 3.63) is 65.9 Å². The molecule has 0 saturated heterocycles. The number of ether oxygens (including phenoxy) is 2. The number of rotatable bonds is 11. The number of carbonyl (C=O) groups is 1. The first-order valence-corrected chi connectivity index (χ1v) is 10.6. The van der Waals surface area contributed by atoms with Gasteiger partial charge in [-0.25, -0.2) is 4.98 Å². The molecule has 8 heteroatoms. The third-order valence-corrected chi connectivity index (χ3v) is 4.71. The summed E-state index contributed by atoms with van der Waals surface area (Å²) in [5, 5.41) is 2.82. The Kier molecular flexibility index (Phi) is 8.53. The minimum absolute atomic E-state index is 0.0312. The van der Waals surface area contributed by atoms with Crippen LogP contribution in [0.5, 0.6) is 0 Å². The molecule has 0 saturated carbocycles. The Hall–Kier alpha value is -3.49. The van der Waals surface area contributed by atoms with Gasteiger partial charge in [-0.15, -0.1) is 0 Å². The SMILES string of the molecule is CCCCOCC(=O)Nc1ccc(-c2c(N)nc(N)nc2COCc2ccccc2)cc1. The number of hydrogen-bond acceptors (Lipinski definition) is 7. The molecule has 5 N–H and O–H groups in total. The molecule has 3 aromatic rings. The molecule has 1 heterocycles. The number of benzene rings is 2. The van der Waals surface area contributed by atoms with Crippen molar-refractivity contribution < 1.29 is 14.3 Å². The van der Waals surface area contributed by atoms with Crippen LogP contribution in [0.2, 0.25) is 0 Å². The van der Waals surface area contributed by atoms with Gasteiger partial charge >= 0.3 is 0 Å². The molecule has 2 aromatic carbocycles. The van der Waals surface area contributed by atoms with Gasteiger partial charge in [0.25, 0.3) is 0 Å². The summed E-state index contributed by atoms with van der Waals surface area (Å²) in [7, 11) is 0. The number of aromatic nitrogens is 2. The number of unbranched alkanes of at least 4 members (excludes halogenated alkanes) is 1. The van der Waals surface area contributed by atoms with Gasteiger partial charge < -0.3 is 26.3 Å². The molecule has 8 nitrogen and oxygen atoms in total. The van der Waals surface area contributed by atoms with Gasteiger partial charge in [-0.2, -0.15) is 4.98 Å². The summed E-state index contributed by atoms with van der Waals surface area (Å²) in [4.78, 5) is 20.4. The van der Waals surface area contributed by atoms with Crippen molar-refractivity contribution in [1.82, 2.24) is 9.97 Å². The van der Waals surface area contributed by atoms with Crippen molar-refractivity contribution in [3.8, 4) is 11.1 Å². The molecule has 0 atom stereocenters. The average Bonchev–Trinajstić information content (AvgIpc) is 2.78. The van der Waals surface area contributed by atoms with Crippen LogP contribution in [0.1, 0.15) is 31.0 Å². The lowest BCUT2D eigenvalue weighted by Crippen LogP contribution is -2.18. The molecule has 0 fully saturated rings. The highest BCUT2D eigenvalue weighted by Crippen LogP contribution is 2.30. The van der Waals surface area contributed by atoms with E-state index in [0.717, 1.165) is 24.0 Å². The van der Waals surface area contributed by atoms with Gasteiger partial charge in [0.1, 0.15) is 12.4 Å². The van der Waals surface area contributed by atoms with Crippen LogP contribution < -0.4 is 16.8 Å². The number of anilines is 3. The maximum atomic E-state index is 12.0. The summed E-state index contributed by atoms with van der Waals surface area (Å²) < 4.78 is 11.2. The van der Waals surface area contributed by atoms with E-state index < -0.39 is 0 Å². The Balaban J connectivity index is 1.67. The van der Waals surface area contributed by atoms with E-state index in [1.54, 1.807) is 12.1 Å². The van der Waals surface area contributed by atoms with Crippen molar-refractivity contribution in [3.63, 3.8) is 0 Å². The van der Waals surface area contributed by atoms with E-state index in [9.17, 15) is 4.79 Å². The van der Waals surface area contributed by atoms with Crippen LogP contribution in [0.15, 0.2) is 54.6 Å². The summed E-state index contributed by atoms with van der Waals surface area (Å²) in [6.45, 7) is 3.35. The highest BCUT2D eigenvalue weighted by Gasteiger charge is 2.14. The second-order valence-corrected chi connectivity index (χ2v) is 7.30. The average molecular weight is 436 g/mol. The number of amides is 1. The smallest absolute Gasteiger partial charge is 0.250 e. The van der Waals surface area contributed by atoms with E-state index in [0.29, 0.717) is 30.2 Å². The van der Waals surface area contributed by atoms with E-state index in [1.165, 1.54) is 0 Å². The molecule has 0 aliphatic carbocycles. The van der Waals surface area contributed by atoms with Gasteiger partial charge in [-0.1, -0.05) is 55.8 Å². The van der Waals surface area contributed by atoms with Crippen molar-refractivity contribution in [2.75, 3.05) is 30.0 Å². The minimum Gasteiger partial charge on any atom is -0.383 e. The van der Waals surface area contributed by atoms with Crippen LogP contribution in [0, 0.1) is 0 Å². The Morgan fingerprint density at radius 1 is 0.969 bits per heavy atom. The lowest BCUT2D eigenvalue weighted by molar-refractivity contribution is -0.120. The standard InChI is InChI=1S/C24H29N5O3/c1-2-3-13-31-16-21(30)27-19-11-9-18(10-12-19)22-20(28-24(26)29-23(22)25)15-32-14-17-7-5-4-6-8-17/h4-12H,2-3,13-16H2,1H3,(H,27,30)(H4,25,26,28,29). The van der Waals surface area contributed by atoms with E-state index in [-0.39, 0.29) is 30.9 Å². The topological polar surface area (TPSA) is 125 Å². The van der Waals surface area contributed by atoms with Gasteiger partial charge in [-0.3, -0.25) is 4.79 Å². The third kappa shape index (κ3) is 6.76. The summed E-state index contributed by atoms with van der Waals surface area (Å²) in [5.74, 6) is 0.174. The fraction of sp³-hybridized carbons (Fsp3) is 0.292. The van der Waals surface area contributed by atoms with E-state index in [2.05, 4.69) is 22.2 Å². The predicted octanol–water partition coefficient (Wildman–Crippen LogP) is 3.78. The van der Waals surface area contributed by atoms with E-state index >= 15 is 0 Å². The number of hydrogen-bond donors (Lipinski definition) is 3. The zero-order valence-electron chi connectivity index (χ0n) is 18.2. The quantitative estimate of drug-likeness (QED) is 0.391. The predicted molar refractivity (Wildman–Crippen MR) is 126 cm³/mol. The highest BCUT2D eigenvalue weighted by atomic mass is 16.5. The lowest BCUT2D eigenvalue weighted by Gasteiger charge is -2.13. The highest BCUT2D eigenvalue weighted by molar-refractivity contribution is 5.92. The first kappa shape index (κ1) is 23.2. The van der Waals surface area contributed by atoms with Crippen LogP contribution in [0.3, 0.4) is 0 Å². The van der Waals surface area contributed by atoms with Crippen LogP contribution >= 0.6 is 0 Å². The number of nitrogen functional groups attached to an aromatic ring is 2. The number of nitrogens with two attached hydrogens (primary N) is 2. The first-order valence-electron chi connectivity index (χ1n) is 10.6. The second-order valence-electron chi connectivity index (χ2n) is 7.30. The maximum Gasteiger partial charge on any atom is 0.250 e. The molecule has 1 amide bonds. The molecule has 0 unspecified atom stereocenters. The summed E-state index contributed by atoms with van der Waals surface area (Å²) in [6.07, 6.45) is 1.96. The molecule has 0 spiro atoms. The Labute approximate surface area is 188 Å². The Bertz CT molecular complexity index is 1010. The molecule has 0 radical (unpaired) electrons. The fourth-order valence-electron chi connectivity index (χ4n) is 3.13. The van der Waals surface area contributed by atoms with Gasteiger partial charge in [0.15, 0.2) is 0 Å². The van der Waals surface area contributed by atoms with Crippen molar-refractivity contribution in [2.45, 2.75) is 33.0 Å². The van der Waals surface area contributed by atoms with Gasteiger partial charge in [0, 0.05) is 17.9 Å². The molecular formula is C24H29N5O3.